The Morgan fingerprint density at radius 3 is 2.70 bits per heavy atom. The highest BCUT2D eigenvalue weighted by Gasteiger charge is 2.32. The zero-order chi connectivity index (χ0) is 25.1. The Labute approximate surface area is 213 Å². The molecule has 0 N–H and O–H groups in total. The fraction of sp³-hybridized carbons (Fsp3) is 0.345. The lowest BCUT2D eigenvalue weighted by Gasteiger charge is -2.32. The number of rotatable bonds is 2. The molecule has 5 heterocycles. The molecule has 37 heavy (non-hydrogen) atoms. The van der Waals surface area contributed by atoms with Gasteiger partial charge in [0, 0.05) is 68.1 Å². The van der Waals surface area contributed by atoms with E-state index in [-0.39, 0.29) is 17.6 Å². The van der Waals surface area contributed by atoms with Crippen LogP contribution in [0.5, 0.6) is 0 Å². The van der Waals surface area contributed by atoms with Crippen molar-refractivity contribution in [2.45, 2.75) is 45.2 Å². The van der Waals surface area contributed by atoms with Gasteiger partial charge in [-0.3, -0.25) is 9.20 Å². The minimum absolute atomic E-state index is 0.0339. The van der Waals surface area contributed by atoms with Crippen molar-refractivity contribution in [3.05, 3.63) is 71.6 Å². The molecular formula is C29H28FN5O2. The standard InChI is InChI=1S/C29H28FN5O2/c30-20-14-19-17-34(29(37)32-9-3-1-4-10-32)13-12-33-18-23(22(15-20)28(19)33)27-21(7-8-25(27)36)24-16-31-26-6-2-5-11-35(24)26/h2,5-6,11,14-16,18H,1,3-4,7-10,12-13,17H2. The van der Waals surface area contributed by atoms with Crippen molar-refractivity contribution in [3.63, 3.8) is 0 Å². The number of allylic oxidation sites excluding steroid dienone is 2. The normalized spacial score (nSPS) is 18.4. The Kier molecular flexibility index (Phi) is 5.16. The van der Waals surface area contributed by atoms with Gasteiger partial charge in [-0.15, -0.1) is 0 Å². The first-order valence-electron chi connectivity index (χ1n) is 13.1. The highest BCUT2D eigenvalue weighted by Crippen LogP contribution is 2.42. The largest absolute Gasteiger partial charge is 0.345 e. The van der Waals surface area contributed by atoms with Gasteiger partial charge in [0.2, 0.25) is 0 Å². The Bertz CT molecular complexity index is 1610. The fourth-order valence-electron chi connectivity index (χ4n) is 6.33. The number of hydrogen-bond acceptors (Lipinski definition) is 3. The third-order valence-corrected chi connectivity index (χ3v) is 8.06. The molecule has 8 heteroatoms. The highest BCUT2D eigenvalue weighted by atomic mass is 19.1. The van der Waals surface area contributed by atoms with Gasteiger partial charge in [0.05, 0.1) is 17.4 Å². The smallest absolute Gasteiger partial charge is 0.320 e. The average molecular weight is 498 g/mol. The van der Waals surface area contributed by atoms with Gasteiger partial charge in [-0.2, -0.15) is 0 Å². The number of piperidine rings is 1. The summed E-state index contributed by atoms with van der Waals surface area (Å²) in [6.07, 6.45) is 10.1. The number of imidazole rings is 1. The lowest BCUT2D eigenvalue weighted by molar-refractivity contribution is -0.113. The minimum Gasteiger partial charge on any atom is -0.345 e. The van der Waals surface area contributed by atoms with Crippen molar-refractivity contribution in [1.29, 1.82) is 0 Å². The molecule has 0 bridgehead atoms. The molecule has 7 nitrogen and oxygen atoms in total. The van der Waals surface area contributed by atoms with Gasteiger partial charge in [-0.1, -0.05) is 6.07 Å². The van der Waals surface area contributed by atoms with E-state index in [1.54, 1.807) is 6.07 Å². The van der Waals surface area contributed by atoms with Crippen molar-refractivity contribution >= 4 is 39.5 Å². The molecule has 1 aromatic carbocycles. The second-order valence-electron chi connectivity index (χ2n) is 10.3. The predicted molar refractivity (Wildman–Crippen MR) is 139 cm³/mol. The van der Waals surface area contributed by atoms with E-state index in [2.05, 4.69) is 9.55 Å². The van der Waals surface area contributed by atoms with Crippen LogP contribution < -0.4 is 0 Å². The van der Waals surface area contributed by atoms with Gasteiger partial charge in [-0.25, -0.2) is 14.2 Å². The van der Waals surface area contributed by atoms with Gasteiger partial charge in [0.25, 0.3) is 0 Å². The molecular weight excluding hydrogens is 469 g/mol. The monoisotopic (exact) mass is 497 g/mol. The van der Waals surface area contributed by atoms with Crippen LogP contribution in [0.2, 0.25) is 0 Å². The van der Waals surface area contributed by atoms with Crippen molar-refractivity contribution < 1.29 is 14.0 Å². The molecule has 1 fully saturated rings. The summed E-state index contributed by atoms with van der Waals surface area (Å²) in [6.45, 7) is 3.07. The number of aromatic nitrogens is 3. The zero-order valence-corrected chi connectivity index (χ0v) is 20.6. The number of amides is 2. The maximum atomic E-state index is 15.0. The molecule has 2 aliphatic heterocycles. The van der Waals surface area contributed by atoms with Crippen LogP contribution in [0.15, 0.2) is 48.9 Å². The molecule has 7 rings (SSSR count). The molecule has 3 aromatic heterocycles. The summed E-state index contributed by atoms with van der Waals surface area (Å²) in [7, 11) is 0. The molecule has 3 aliphatic rings. The SMILES string of the molecule is O=C1CCC(c2cnc3ccccn23)=C1c1cn2c3c(cc(F)cc13)CN(C(=O)N1CCCCC1)CC2. The number of likely N-dealkylation sites (tertiary alicyclic amines) is 1. The highest BCUT2D eigenvalue weighted by molar-refractivity contribution is 6.33. The van der Waals surface area contributed by atoms with Crippen molar-refractivity contribution in [2.24, 2.45) is 0 Å². The summed E-state index contributed by atoms with van der Waals surface area (Å²) in [5, 5.41) is 0.735. The number of carbonyl (C=O) groups is 2. The first-order valence-corrected chi connectivity index (χ1v) is 13.1. The number of Topliss-reactive ketones (excluding diaryl/α,β-unsaturated/α-hetero) is 1. The van der Waals surface area contributed by atoms with Crippen LogP contribution in [-0.4, -0.2) is 55.2 Å². The lowest BCUT2D eigenvalue weighted by Crippen LogP contribution is -2.45. The van der Waals surface area contributed by atoms with Gasteiger partial charge < -0.3 is 14.4 Å². The predicted octanol–water partition coefficient (Wildman–Crippen LogP) is 5.12. The van der Waals surface area contributed by atoms with E-state index in [1.807, 2.05) is 51.0 Å². The van der Waals surface area contributed by atoms with Crippen LogP contribution in [0.25, 0.3) is 27.7 Å². The third-order valence-electron chi connectivity index (χ3n) is 8.06. The molecule has 0 unspecified atom stereocenters. The van der Waals surface area contributed by atoms with Crippen LogP contribution in [0.3, 0.4) is 0 Å². The van der Waals surface area contributed by atoms with E-state index in [4.69, 9.17) is 0 Å². The molecule has 0 atom stereocenters. The van der Waals surface area contributed by atoms with E-state index in [0.29, 0.717) is 38.0 Å². The molecule has 0 radical (unpaired) electrons. The van der Waals surface area contributed by atoms with Crippen LogP contribution in [0.4, 0.5) is 9.18 Å². The zero-order valence-electron chi connectivity index (χ0n) is 20.6. The number of ketones is 1. The Balaban J connectivity index is 1.34. The van der Waals surface area contributed by atoms with Crippen molar-refractivity contribution in [1.82, 2.24) is 23.8 Å². The van der Waals surface area contributed by atoms with E-state index in [1.165, 1.54) is 6.07 Å². The topological polar surface area (TPSA) is 62.9 Å². The fourth-order valence-corrected chi connectivity index (χ4v) is 6.33. The maximum Gasteiger partial charge on any atom is 0.320 e. The van der Waals surface area contributed by atoms with E-state index < -0.39 is 0 Å². The number of fused-ring (bicyclic) bond motifs is 1. The summed E-state index contributed by atoms with van der Waals surface area (Å²) in [5.74, 6) is -0.277. The van der Waals surface area contributed by atoms with Gasteiger partial charge >= 0.3 is 6.03 Å². The Morgan fingerprint density at radius 1 is 0.973 bits per heavy atom. The first-order chi connectivity index (χ1) is 18.1. The number of pyridine rings is 1. The first kappa shape index (κ1) is 22.3. The summed E-state index contributed by atoms with van der Waals surface area (Å²) in [4.78, 5) is 34.8. The number of nitrogens with zero attached hydrogens (tertiary/aromatic N) is 5. The second kappa shape index (κ2) is 8.57. The summed E-state index contributed by atoms with van der Waals surface area (Å²) in [5.41, 5.74) is 5.81. The van der Waals surface area contributed by atoms with Crippen LogP contribution >= 0.6 is 0 Å². The van der Waals surface area contributed by atoms with E-state index >= 15 is 4.39 Å². The second-order valence-corrected chi connectivity index (χ2v) is 10.3. The van der Waals surface area contributed by atoms with Gasteiger partial charge in [0.1, 0.15) is 11.5 Å². The summed E-state index contributed by atoms with van der Waals surface area (Å²) < 4.78 is 19.1. The van der Waals surface area contributed by atoms with Crippen molar-refractivity contribution in [3.8, 4) is 0 Å². The lowest BCUT2D eigenvalue weighted by atomic mass is 9.98. The molecule has 188 valence electrons. The minimum atomic E-state index is -0.351. The van der Waals surface area contributed by atoms with Gasteiger partial charge in [-0.05, 0) is 61.1 Å². The average Bonchev–Trinajstić information content (AvgIpc) is 3.57. The molecule has 4 aromatic rings. The molecule has 1 saturated heterocycles. The van der Waals surface area contributed by atoms with Gasteiger partial charge in [0.15, 0.2) is 5.78 Å². The molecule has 0 spiro atoms. The van der Waals surface area contributed by atoms with Crippen LogP contribution in [0.1, 0.15) is 48.9 Å². The summed E-state index contributed by atoms with van der Waals surface area (Å²) in [6, 6.07) is 8.95. The number of benzene rings is 1. The quantitative estimate of drug-likeness (QED) is 0.386. The van der Waals surface area contributed by atoms with E-state index in [0.717, 1.165) is 71.3 Å². The molecule has 2 amide bonds. The maximum absolute atomic E-state index is 15.0. The third kappa shape index (κ3) is 3.57. The summed E-state index contributed by atoms with van der Waals surface area (Å²) >= 11 is 0. The van der Waals surface area contributed by atoms with Crippen LogP contribution in [0, 0.1) is 5.82 Å². The van der Waals surface area contributed by atoms with E-state index in [9.17, 15) is 9.59 Å². The number of carbonyl (C=O) groups excluding carboxylic acids is 2. The number of halogens is 1. The Hall–Kier alpha value is -3.94. The van der Waals surface area contributed by atoms with Crippen molar-refractivity contribution in [2.75, 3.05) is 19.6 Å². The van der Waals surface area contributed by atoms with Crippen LogP contribution in [-0.2, 0) is 17.9 Å². The number of urea groups is 1. The molecule has 0 saturated carbocycles. The number of hydrogen-bond donors (Lipinski definition) is 0. The molecule has 1 aliphatic carbocycles. The Morgan fingerprint density at radius 2 is 1.84 bits per heavy atom.